The van der Waals surface area contributed by atoms with E-state index in [0.29, 0.717) is 0 Å². The van der Waals surface area contributed by atoms with Gasteiger partial charge in [-0.15, -0.1) is 0 Å². The number of hydrogen-bond acceptors (Lipinski definition) is 1. The predicted octanol–water partition coefficient (Wildman–Crippen LogP) is 16.7. The van der Waals surface area contributed by atoms with Crippen LogP contribution < -0.4 is 0 Å². The van der Waals surface area contributed by atoms with E-state index < -0.39 is 0 Å². The first-order valence-electron chi connectivity index (χ1n) is 22.6. The Labute approximate surface area is 380 Å². The fraction of sp³-hybridized carbons (Fsp3) is 0. The molecule has 4 nitrogen and oxygen atoms in total. The van der Waals surface area contributed by atoms with Gasteiger partial charge < -0.3 is 8.98 Å². The van der Waals surface area contributed by atoms with Crippen molar-refractivity contribution in [2.24, 2.45) is 0 Å². The Kier molecular flexibility index (Phi) is 7.95. The summed E-state index contributed by atoms with van der Waals surface area (Å²) in [6.07, 6.45) is 0. The molecule has 10 aromatic carbocycles. The summed E-state index contributed by atoms with van der Waals surface area (Å²) in [5.74, 6) is 0. The molecule has 0 unspecified atom stereocenters. The van der Waals surface area contributed by atoms with Crippen molar-refractivity contribution in [1.82, 2.24) is 13.7 Å². The maximum absolute atomic E-state index is 6.99. The van der Waals surface area contributed by atoms with E-state index >= 15 is 0 Å². The van der Waals surface area contributed by atoms with Gasteiger partial charge in [-0.25, -0.2) is 0 Å². The molecule has 0 spiro atoms. The summed E-state index contributed by atoms with van der Waals surface area (Å²) >= 11 is 0. The summed E-state index contributed by atoms with van der Waals surface area (Å²) in [6, 6.07) is 85.4. The minimum Gasteiger partial charge on any atom is -0.455 e. The second-order valence-corrected chi connectivity index (χ2v) is 17.3. The van der Waals surface area contributed by atoms with Crippen molar-refractivity contribution in [3.63, 3.8) is 0 Å². The van der Waals surface area contributed by atoms with Crippen molar-refractivity contribution in [2.45, 2.75) is 0 Å². The molecule has 0 saturated carbocycles. The molecule has 66 heavy (non-hydrogen) atoms. The van der Waals surface area contributed by atoms with E-state index in [0.717, 1.165) is 72.4 Å². The molecule has 14 aromatic rings. The molecule has 14 rings (SSSR count). The molecule has 0 saturated heterocycles. The van der Waals surface area contributed by atoms with Crippen molar-refractivity contribution < 1.29 is 4.42 Å². The van der Waals surface area contributed by atoms with E-state index in [1.807, 2.05) is 0 Å². The summed E-state index contributed by atoms with van der Waals surface area (Å²) in [5.41, 5.74) is 17.8. The lowest BCUT2D eigenvalue weighted by atomic mass is 9.92. The summed E-state index contributed by atoms with van der Waals surface area (Å²) in [7, 11) is 0. The van der Waals surface area contributed by atoms with Crippen LogP contribution >= 0.6 is 0 Å². The molecule has 0 bridgehead atoms. The fourth-order valence-corrected chi connectivity index (χ4v) is 10.8. The van der Waals surface area contributed by atoms with Gasteiger partial charge in [0.1, 0.15) is 16.8 Å². The first-order chi connectivity index (χ1) is 32.8. The van der Waals surface area contributed by atoms with Crippen molar-refractivity contribution in [1.29, 1.82) is 0 Å². The molecular weight excluding hydrogens is 803 g/mol. The average molecular weight is 842 g/mol. The van der Waals surface area contributed by atoms with Crippen LogP contribution in [0.5, 0.6) is 0 Å². The average Bonchev–Trinajstić information content (AvgIpc) is 4.12. The standard InChI is InChI=1S/C62H39N3O/c1-4-17-43(18-5-1)63-55-29-14-12-25-48(55)54-37-42(33-36-57(54)63)46-23-10-11-24-47(46)50-27-16-28-51-49-34-31-41(39-59(49)66-61(50)51)40-32-35-53-58(38-40)65(45-21-8-3-9-22-45)62-60(53)52-26-13-15-30-56(52)64(62)44-19-6-2-7-20-44/h1-39H. The Morgan fingerprint density at radius 3 is 1.50 bits per heavy atom. The Morgan fingerprint density at radius 2 is 0.773 bits per heavy atom. The Bertz CT molecular complexity index is 4210. The molecule has 0 atom stereocenters. The Hall–Kier alpha value is -8.86. The molecule has 0 aliphatic rings. The van der Waals surface area contributed by atoms with Crippen molar-refractivity contribution in [3.05, 3.63) is 237 Å². The summed E-state index contributed by atoms with van der Waals surface area (Å²) in [6.45, 7) is 0. The van der Waals surface area contributed by atoms with Gasteiger partial charge in [-0.05, 0) is 107 Å². The van der Waals surface area contributed by atoms with Gasteiger partial charge >= 0.3 is 0 Å². The lowest BCUT2D eigenvalue weighted by Gasteiger charge is -2.13. The summed E-state index contributed by atoms with van der Waals surface area (Å²) in [5, 5.41) is 8.38. The van der Waals surface area contributed by atoms with E-state index in [9.17, 15) is 0 Å². The minimum absolute atomic E-state index is 0.868. The SMILES string of the molecule is c1ccc(-n2c3ccccc3c3cc(-c4ccccc4-c4cccc5c4oc4cc(-c6ccc7c8c9ccccc9n(-c9ccccc9)c8n(-c8ccccc8)c7c6)ccc45)ccc32)cc1. The molecular formula is C62H39N3O. The predicted molar refractivity (Wildman–Crippen MR) is 276 cm³/mol. The normalized spacial score (nSPS) is 11.9. The maximum atomic E-state index is 6.99. The zero-order chi connectivity index (χ0) is 43.3. The number of fused-ring (bicyclic) bond motifs is 11. The summed E-state index contributed by atoms with van der Waals surface area (Å²) in [4.78, 5) is 0. The Morgan fingerprint density at radius 1 is 0.273 bits per heavy atom. The molecule has 4 aromatic heterocycles. The Balaban J connectivity index is 0.918. The van der Waals surface area contributed by atoms with E-state index in [4.69, 9.17) is 4.42 Å². The molecule has 0 aliphatic carbocycles. The number of hydrogen-bond donors (Lipinski definition) is 0. The third kappa shape index (κ3) is 5.39. The van der Waals surface area contributed by atoms with Crippen molar-refractivity contribution in [3.8, 4) is 50.4 Å². The first-order valence-corrected chi connectivity index (χ1v) is 22.6. The van der Waals surface area contributed by atoms with Gasteiger partial charge in [0.15, 0.2) is 0 Å². The van der Waals surface area contributed by atoms with E-state index in [2.05, 4.69) is 250 Å². The molecule has 0 N–H and O–H groups in total. The number of nitrogens with zero attached hydrogens (tertiary/aromatic N) is 3. The third-order valence-corrected chi connectivity index (χ3v) is 13.6. The second kappa shape index (κ2) is 14.3. The highest BCUT2D eigenvalue weighted by Gasteiger charge is 2.23. The van der Waals surface area contributed by atoms with Gasteiger partial charge in [0, 0.05) is 60.3 Å². The lowest BCUT2D eigenvalue weighted by Crippen LogP contribution is -2.01. The third-order valence-electron chi connectivity index (χ3n) is 13.6. The van der Waals surface area contributed by atoms with E-state index in [1.54, 1.807) is 0 Å². The molecule has 4 heteroatoms. The van der Waals surface area contributed by atoms with Crippen LogP contribution in [0.25, 0.3) is 127 Å². The van der Waals surface area contributed by atoms with Crippen LogP contribution in [0.2, 0.25) is 0 Å². The van der Waals surface area contributed by atoms with Crippen LogP contribution in [-0.2, 0) is 0 Å². The van der Waals surface area contributed by atoms with Crippen LogP contribution in [0.15, 0.2) is 241 Å². The zero-order valence-electron chi connectivity index (χ0n) is 35.8. The number of para-hydroxylation sites is 6. The topological polar surface area (TPSA) is 27.9 Å². The molecule has 0 aliphatic heterocycles. The van der Waals surface area contributed by atoms with Gasteiger partial charge in [-0.2, -0.15) is 0 Å². The maximum Gasteiger partial charge on any atom is 0.143 e. The number of furan rings is 1. The van der Waals surface area contributed by atoms with Crippen LogP contribution in [0.4, 0.5) is 0 Å². The van der Waals surface area contributed by atoms with E-state index in [1.165, 1.54) is 54.6 Å². The van der Waals surface area contributed by atoms with Gasteiger partial charge in [0.2, 0.25) is 0 Å². The second-order valence-electron chi connectivity index (χ2n) is 17.3. The molecule has 0 fully saturated rings. The lowest BCUT2D eigenvalue weighted by molar-refractivity contribution is 0.670. The highest BCUT2D eigenvalue weighted by atomic mass is 16.3. The quantitative estimate of drug-likeness (QED) is 0.164. The van der Waals surface area contributed by atoms with Gasteiger partial charge in [0.25, 0.3) is 0 Å². The van der Waals surface area contributed by atoms with Crippen LogP contribution in [0.3, 0.4) is 0 Å². The van der Waals surface area contributed by atoms with Crippen molar-refractivity contribution in [2.75, 3.05) is 0 Å². The number of rotatable bonds is 6. The van der Waals surface area contributed by atoms with Gasteiger partial charge in [-0.1, -0.05) is 158 Å². The monoisotopic (exact) mass is 841 g/mol. The van der Waals surface area contributed by atoms with E-state index in [-0.39, 0.29) is 0 Å². The molecule has 308 valence electrons. The summed E-state index contributed by atoms with van der Waals surface area (Å²) < 4.78 is 14.2. The molecule has 0 amide bonds. The van der Waals surface area contributed by atoms with Crippen molar-refractivity contribution >= 4 is 76.6 Å². The fourth-order valence-electron chi connectivity index (χ4n) is 10.8. The minimum atomic E-state index is 0.868. The number of aromatic nitrogens is 3. The highest BCUT2D eigenvalue weighted by molar-refractivity contribution is 6.23. The highest BCUT2D eigenvalue weighted by Crippen LogP contribution is 2.45. The number of benzene rings is 10. The first kappa shape index (κ1) is 36.6. The molecule has 0 radical (unpaired) electrons. The van der Waals surface area contributed by atoms with Gasteiger partial charge in [-0.3, -0.25) is 9.13 Å². The smallest absolute Gasteiger partial charge is 0.143 e. The van der Waals surface area contributed by atoms with Crippen LogP contribution in [-0.4, -0.2) is 13.7 Å². The largest absolute Gasteiger partial charge is 0.455 e. The van der Waals surface area contributed by atoms with Gasteiger partial charge in [0.05, 0.1) is 22.1 Å². The molecule has 4 heterocycles. The van der Waals surface area contributed by atoms with Crippen LogP contribution in [0, 0.1) is 0 Å². The zero-order valence-corrected chi connectivity index (χ0v) is 35.8. The van der Waals surface area contributed by atoms with Crippen LogP contribution in [0.1, 0.15) is 0 Å².